The first-order valence-corrected chi connectivity index (χ1v) is 8.07. The lowest BCUT2D eigenvalue weighted by atomic mass is 10.0. The number of ketones is 1. The van der Waals surface area contributed by atoms with Crippen LogP contribution in [-0.2, 0) is 4.74 Å². The SMILES string of the molecule is CC1CNc2cc(C(=O)C(C)NCC3CCCO3)ccc2O1. The Morgan fingerprint density at radius 2 is 2.36 bits per heavy atom. The largest absolute Gasteiger partial charge is 0.487 e. The molecule has 0 aliphatic carbocycles. The molecule has 2 heterocycles. The average Bonchev–Trinajstić information content (AvgIpc) is 3.04. The Bertz CT molecular complexity index is 541. The van der Waals surface area contributed by atoms with Gasteiger partial charge in [-0.05, 0) is 44.9 Å². The summed E-state index contributed by atoms with van der Waals surface area (Å²) in [6, 6.07) is 5.38. The molecular weight excluding hydrogens is 280 g/mol. The van der Waals surface area contributed by atoms with Gasteiger partial charge in [-0.25, -0.2) is 0 Å². The van der Waals surface area contributed by atoms with Gasteiger partial charge in [-0.1, -0.05) is 0 Å². The van der Waals surface area contributed by atoms with E-state index in [0.717, 1.165) is 44.0 Å². The van der Waals surface area contributed by atoms with Gasteiger partial charge in [0.1, 0.15) is 11.9 Å². The van der Waals surface area contributed by atoms with E-state index in [1.807, 2.05) is 32.0 Å². The van der Waals surface area contributed by atoms with Crippen molar-refractivity contribution in [2.75, 3.05) is 25.0 Å². The monoisotopic (exact) mass is 304 g/mol. The van der Waals surface area contributed by atoms with Gasteiger partial charge in [0.15, 0.2) is 5.78 Å². The molecule has 3 atom stereocenters. The second-order valence-corrected chi connectivity index (χ2v) is 6.15. The molecule has 0 aromatic heterocycles. The lowest BCUT2D eigenvalue weighted by Crippen LogP contribution is -2.38. The van der Waals surface area contributed by atoms with Gasteiger partial charge in [0, 0.05) is 18.7 Å². The van der Waals surface area contributed by atoms with Crippen molar-refractivity contribution in [1.82, 2.24) is 5.32 Å². The summed E-state index contributed by atoms with van der Waals surface area (Å²) < 4.78 is 11.3. The predicted molar refractivity (Wildman–Crippen MR) is 85.8 cm³/mol. The molecule has 1 saturated heterocycles. The van der Waals surface area contributed by atoms with E-state index in [2.05, 4.69) is 10.6 Å². The lowest BCUT2D eigenvalue weighted by Gasteiger charge is -2.25. The van der Waals surface area contributed by atoms with Crippen LogP contribution in [0.2, 0.25) is 0 Å². The summed E-state index contributed by atoms with van der Waals surface area (Å²) in [6.07, 6.45) is 2.59. The molecule has 0 amide bonds. The summed E-state index contributed by atoms with van der Waals surface area (Å²) in [5, 5.41) is 6.59. The Balaban J connectivity index is 1.61. The topological polar surface area (TPSA) is 59.6 Å². The van der Waals surface area contributed by atoms with Gasteiger partial charge in [0.2, 0.25) is 0 Å². The zero-order valence-corrected chi connectivity index (χ0v) is 13.2. The van der Waals surface area contributed by atoms with E-state index in [1.54, 1.807) is 0 Å². The number of anilines is 1. The minimum Gasteiger partial charge on any atom is -0.487 e. The molecule has 0 spiro atoms. The molecule has 3 unspecified atom stereocenters. The third-order valence-electron chi connectivity index (χ3n) is 4.24. The Morgan fingerprint density at radius 1 is 1.50 bits per heavy atom. The standard InChI is InChI=1S/C17H24N2O3/c1-11-9-19-15-8-13(5-6-16(15)22-11)17(20)12(2)18-10-14-4-3-7-21-14/h5-6,8,11-12,14,18-19H,3-4,7,9-10H2,1-2H3. The number of Topliss-reactive ketones (excluding diaryl/α,β-unsaturated/α-hetero) is 1. The van der Waals surface area contributed by atoms with Crippen molar-refractivity contribution in [2.24, 2.45) is 0 Å². The van der Waals surface area contributed by atoms with Crippen molar-refractivity contribution < 1.29 is 14.3 Å². The minimum absolute atomic E-state index is 0.0984. The number of rotatable bonds is 5. The molecule has 2 aliphatic heterocycles. The number of carbonyl (C=O) groups excluding carboxylic acids is 1. The van der Waals surface area contributed by atoms with Crippen LogP contribution in [0.15, 0.2) is 18.2 Å². The highest BCUT2D eigenvalue weighted by Gasteiger charge is 2.22. The number of ether oxygens (including phenoxy) is 2. The van der Waals surface area contributed by atoms with Gasteiger partial charge in [-0.15, -0.1) is 0 Å². The van der Waals surface area contributed by atoms with E-state index in [-0.39, 0.29) is 24.0 Å². The molecule has 0 radical (unpaired) electrons. The minimum atomic E-state index is -0.217. The molecule has 0 bridgehead atoms. The fourth-order valence-corrected chi connectivity index (χ4v) is 2.89. The summed E-state index contributed by atoms with van der Waals surface area (Å²) in [5.41, 5.74) is 1.60. The van der Waals surface area contributed by atoms with Crippen LogP contribution in [-0.4, -0.2) is 43.7 Å². The van der Waals surface area contributed by atoms with Crippen LogP contribution in [0.5, 0.6) is 5.75 Å². The third-order valence-corrected chi connectivity index (χ3v) is 4.24. The molecule has 1 aromatic carbocycles. The summed E-state index contributed by atoms with van der Waals surface area (Å²) in [6.45, 7) is 6.26. The number of hydrogen-bond acceptors (Lipinski definition) is 5. The van der Waals surface area contributed by atoms with E-state index >= 15 is 0 Å². The molecule has 2 aliphatic rings. The first kappa shape index (κ1) is 15.3. The van der Waals surface area contributed by atoms with E-state index in [4.69, 9.17) is 9.47 Å². The molecule has 0 saturated carbocycles. The average molecular weight is 304 g/mol. The van der Waals surface area contributed by atoms with Gasteiger partial charge in [-0.3, -0.25) is 4.79 Å². The van der Waals surface area contributed by atoms with Crippen molar-refractivity contribution in [3.8, 4) is 5.75 Å². The molecule has 1 aromatic rings. The van der Waals surface area contributed by atoms with E-state index in [9.17, 15) is 4.79 Å². The molecule has 1 fully saturated rings. The number of fused-ring (bicyclic) bond motifs is 1. The zero-order chi connectivity index (χ0) is 15.5. The highest BCUT2D eigenvalue weighted by Crippen LogP contribution is 2.30. The number of hydrogen-bond donors (Lipinski definition) is 2. The van der Waals surface area contributed by atoms with Crippen LogP contribution in [0.1, 0.15) is 37.0 Å². The van der Waals surface area contributed by atoms with Crippen molar-refractivity contribution >= 4 is 11.5 Å². The Labute approximate surface area is 131 Å². The van der Waals surface area contributed by atoms with Crippen LogP contribution >= 0.6 is 0 Å². The van der Waals surface area contributed by atoms with Gasteiger partial charge < -0.3 is 20.1 Å². The van der Waals surface area contributed by atoms with Gasteiger partial charge in [0.25, 0.3) is 0 Å². The second kappa shape index (κ2) is 6.67. The Hall–Kier alpha value is -1.59. The maximum absolute atomic E-state index is 12.5. The van der Waals surface area contributed by atoms with Crippen LogP contribution < -0.4 is 15.4 Å². The van der Waals surface area contributed by atoms with Gasteiger partial charge in [0.05, 0.1) is 24.4 Å². The fraction of sp³-hybridized carbons (Fsp3) is 0.588. The lowest BCUT2D eigenvalue weighted by molar-refractivity contribution is 0.0902. The van der Waals surface area contributed by atoms with Crippen LogP contribution in [0.3, 0.4) is 0 Å². The van der Waals surface area contributed by atoms with Crippen molar-refractivity contribution in [3.63, 3.8) is 0 Å². The van der Waals surface area contributed by atoms with Gasteiger partial charge >= 0.3 is 0 Å². The van der Waals surface area contributed by atoms with Crippen LogP contribution in [0.25, 0.3) is 0 Å². The normalized spacial score (nSPS) is 25.0. The number of carbonyl (C=O) groups is 1. The number of benzene rings is 1. The quantitative estimate of drug-likeness (QED) is 0.817. The van der Waals surface area contributed by atoms with E-state index in [0.29, 0.717) is 5.56 Å². The zero-order valence-electron chi connectivity index (χ0n) is 13.2. The molecule has 3 rings (SSSR count). The van der Waals surface area contributed by atoms with E-state index < -0.39 is 0 Å². The first-order chi connectivity index (χ1) is 10.6. The molecular formula is C17H24N2O3. The summed E-state index contributed by atoms with van der Waals surface area (Å²) in [4.78, 5) is 12.5. The molecule has 120 valence electrons. The molecule has 22 heavy (non-hydrogen) atoms. The third kappa shape index (κ3) is 3.42. The highest BCUT2D eigenvalue weighted by molar-refractivity contribution is 6.01. The van der Waals surface area contributed by atoms with Crippen molar-refractivity contribution in [3.05, 3.63) is 23.8 Å². The maximum atomic E-state index is 12.5. The van der Waals surface area contributed by atoms with Crippen LogP contribution in [0.4, 0.5) is 5.69 Å². The highest BCUT2D eigenvalue weighted by atomic mass is 16.5. The molecule has 2 N–H and O–H groups in total. The number of nitrogens with one attached hydrogen (secondary N) is 2. The van der Waals surface area contributed by atoms with Crippen molar-refractivity contribution in [2.45, 2.75) is 44.9 Å². The molecule has 5 heteroatoms. The Kier molecular flexibility index (Phi) is 4.64. The van der Waals surface area contributed by atoms with Crippen LogP contribution in [0, 0.1) is 0 Å². The summed E-state index contributed by atoms with van der Waals surface area (Å²) in [7, 11) is 0. The predicted octanol–water partition coefficient (Wildman–Crippen LogP) is 2.22. The molecule has 5 nitrogen and oxygen atoms in total. The summed E-state index contributed by atoms with van der Waals surface area (Å²) >= 11 is 0. The van der Waals surface area contributed by atoms with Gasteiger partial charge in [-0.2, -0.15) is 0 Å². The summed E-state index contributed by atoms with van der Waals surface area (Å²) in [5.74, 6) is 0.913. The first-order valence-electron chi connectivity index (χ1n) is 8.07. The maximum Gasteiger partial charge on any atom is 0.179 e. The smallest absolute Gasteiger partial charge is 0.179 e. The second-order valence-electron chi connectivity index (χ2n) is 6.15. The van der Waals surface area contributed by atoms with E-state index in [1.165, 1.54) is 0 Å². The van der Waals surface area contributed by atoms with Crippen molar-refractivity contribution in [1.29, 1.82) is 0 Å². The Morgan fingerprint density at radius 3 is 3.14 bits per heavy atom. The fourth-order valence-electron chi connectivity index (χ4n) is 2.89.